The molecule has 0 unspecified atom stereocenters. The maximum absolute atomic E-state index is 10.9. The van der Waals surface area contributed by atoms with E-state index in [4.69, 9.17) is 15.2 Å². The summed E-state index contributed by atoms with van der Waals surface area (Å²) in [6.45, 7) is 1.21. The van der Waals surface area contributed by atoms with Crippen molar-refractivity contribution in [2.24, 2.45) is 17.1 Å². The lowest BCUT2D eigenvalue weighted by Crippen LogP contribution is -2.68. The summed E-state index contributed by atoms with van der Waals surface area (Å²) in [4.78, 5) is 10.9. The number of fused-ring (bicyclic) bond motifs is 2. The zero-order valence-electron chi connectivity index (χ0n) is 13.3. The third-order valence-corrected chi connectivity index (χ3v) is 5.84. The van der Waals surface area contributed by atoms with E-state index in [1.165, 1.54) is 19.3 Å². The van der Waals surface area contributed by atoms with Crippen molar-refractivity contribution in [3.05, 3.63) is 24.3 Å². The van der Waals surface area contributed by atoms with Crippen LogP contribution in [-0.2, 0) is 9.53 Å². The summed E-state index contributed by atoms with van der Waals surface area (Å²) in [6.07, 6.45) is 5.67. The van der Waals surface area contributed by atoms with E-state index in [9.17, 15) is 4.79 Å². The predicted octanol–water partition coefficient (Wildman–Crippen LogP) is 2.31. The van der Waals surface area contributed by atoms with E-state index in [0.717, 1.165) is 24.5 Å². The fraction of sp³-hybridized carbons (Fsp3) is 0.611. The normalized spacial score (nSPS) is 30.2. The number of hydrogen-bond acceptors (Lipinski definition) is 4. The van der Waals surface area contributed by atoms with Gasteiger partial charge in [-0.25, -0.2) is 0 Å². The van der Waals surface area contributed by atoms with Crippen molar-refractivity contribution in [2.75, 3.05) is 18.5 Å². The third kappa shape index (κ3) is 2.38. The van der Waals surface area contributed by atoms with Crippen LogP contribution in [0.1, 0.15) is 32.1 Å². The highest BCUT2D eigenvalue weighted by Gasteiger charge is 2.66. The van der Waals surface area contributed by atoms with Crippen LogP contribution in [0.25, 0.3) is 0 Å². The minimum Gasteiger partial charge on any atom is -0.491 e. The Labute approximate surface area is 136 Å². The van der Waals surface area contributed by atoms with Crippen molar-refractivity contribution >= 4 is 11.6 Å². The molecule has 1 saturated heterocycles. The lowest BCUT2D eigenvalue weighted by molar-refractivity contribution is -0.158. The van der Waals surface area contributed by atoms with Crippen LogP contribution >= 0.6 is 0 Å². The number of hydrogen-bond donors (Lipinski definition) is 2. The van der Waals surface area contributed by atoms with Crippen LogP contribution in [0.3, 0.4) is 0 Å². The SMILES string of the molecule is NC(=O)CCOc1ccccc1N[C@@H]1[C@@H]2CCO[C@H]2C12CCC2. The summed E-state index contributed by atoms with van der Waals surface area (Å²) < 4.78 is 11.7. The van der Waals surface area contributed by atoms with E-state index in [-0.39, 0.29) is 12.3 Å². The molecule has 0 bridgehead atoms. The van der Waals surface area contributed by atoms with Crippen molar-refractivity contribution in [3.63, 3.8) is 0 Å². The maximum Gasteiger partial charge on any atom is 0.220 e. The average molecular weight is 316 g/mol. The Morgan fingerprint density at radius 2 is 2.22 bits per heavy atom. The van der Waals surface area contributed by atoms with Gasteiger partial charge in [0.2, 0.25) is 5.91 Å². The molecule has 1 heterocycles. The van der Waals surface area contributed by atoms with Crippen LogP contribution in [-0.4, -0.2) is 31.3 Å². The van der Waals surface area contributed by atoms with Gasteiger partial charge >= 0.3 is 0 Å². The summed E-state index contributed by atoms with van der Waals surface area (Å²) in [5, 5.41) is 3.73. The van der Waals surface area contributed by atoms with Crippen molar-refractivity contribution in [1.82, 2.24) is 0 Å². The van der Waals surface area contributed by atoms with Gasteiger partial charge in [-0.05, 0) is 31.4 Å². The van der Waals surface area contributed by atoms with Crippen molar-refractivity contribution in [2.45, 2.75) is 44.2 Å². The van der Waals surface area contributed by atoms with Crippen LogP contribution in [0, 0.1) is 11.3 Å². The predicted molar refractivity (Wildman–Crippen MR) is 87.3 cm³/mol. The van der Waals surface area contributed by atoms with Crippen molar-refractivity contribution < 1.29 is 14.3 Å². The number of benzene rings is 1. The summed E-state index contributed by atoms with van der Waals surface area (Å²) >= 11 is 0. The number of primary amides is 1. The highest BCUT2D eigenvalue weighted by molar-refractivity contribution is 5.73. The lowest BCUT2D eigenvalue weighted by Gasteiger charge is -2.63. The zero-order chi connectivity index (χ0) is 15.9. The first-order chi connectivity index (χ1) is 11.2. The van der Waals surface area contributed by atoms with E-state index in [0.29, 0.717) is 30.1 Å². The molecule has 3 N–H and O–H groups in total. The Kier molecular flexibility index (Phi) is 3.68. The molecule has 3 atom stereocenters. The topological polar surface area (TPSA) is 73.6 Å². The molecule has 124 valence electrons. The largest absolute Gasteiger partial charge is 0.491 e. The van der Waals surface area contributed by atoms with Gasteiger partial charge in [-0.2, -0.15) is 0 Å². The Morgan fingerprint density at radius 3 is 2.96 bits per heavy atom. The highest BCUT2D eigenvalue weighted by Crippen LogP contribution is 2.63. The van der Waals surface area contributed by atoms with Crippen LogP contribution in [0.2, 0.25) is 0 Å². The Hall–Kier alpha value is -1.75. The number of ether oxygens (including phenoxy) is 2. The van der Waals surface area contributed by atoms with E-state index in [2.05, 4.69) is 11.4 Å². The smallest absolute Gasteiger partial charge is 0.220 e. The molecule has 1 spiro atoms. The summed E-state index contributed by atoms with van der Waals surface area (Å²) in [5.41, 5.74) is 6.52. The summed E-state index contributed by atoms with van der Waals surface area (Å²) in [6, 6.07) is 8.43. The Balaban J connectivity index is 1.47. The monoisotopic (exact) mass is 316 g/mol. The standard InChI is InChI=1S/C18H24N2O3/c19-15(21)7-11-22-14-5-2-1-4-13(14)20-16-12-6-10-23-17(12)18(16)8-3-9-18/h1-2,4-5,12,16-17,20H,3,6-11H2,(H2,19,21)/t12-,16+,17+/m0/s1. The minimum absolute atomic E-state index is 0.236. The summed E-state index contributed by atoms with van der Waals surface area (Å²) in [5.74, 6) is 1.08. The van der Waals surface area contributed by atoms with E-state index in [1.807, 2.05) is 18.2 Å². The van der Waals surface area contributed by atoms with Crippen molar-refractivity contribution in [3.8, 4) is 5.75 Å². The lowest BCUT2D eigenvalue weighted by atomic mass is 9.46. The van der Waals surface area contributed by atoms with Gasteiger partial charge in [0, 0.05) is 24.0 Å². The van der Waals surface area contributed by atoms with Crippen LogP contribution in [0.5, 0.6) is 5.75 Å². The minimum atomic E-state index is -0.339. The summed E-state index contributed by atoms with van der Waals surface area (Å²) in [7, 11) is 0. The van der Waals surface area contributed by atoms with Gasteiger partial charge in [-0.3, -0.25) is 4.79 Å². The van der Waals surface area contributed by atoms with Crippen LogP contribution < -0.4 is 15.8 Å². The first-order valence-corrected chi connectivity index (χ1v) is 8.59. The molecule has 4 rings (SSSR count). The number of amides is 1. The second kappa shape index (κ2) is 5.71. The van der Waals surface area contributed by atoms with Crippen molar-refractivity contribution in [1.29, 1.82) is 0 Å². The second-order valence-electron chi connectivity index (χ2n) is 7.01. The molecule has 1 amide bonds. The number of carbonyl (C=O) groups is 1. The fourth-order valence-corrected chi connectivity index (χ4v) is 4.60. The first kappa shape index (κ1) is 14.8. The molecular weight excluding hydrogens is 292 g/mol. The van der Waals surface area contributed by atoms with Crippen LogP contribution in [0.4, 0.5) is 5.69 Å². The van der Waals surface area contributed by atoms with Gasteiger partial charge in [-0.15, -0.1) is 0 Å². The molecule has 0 aromatic heterocycles. The first-order valence-electron chi connectivity index (χ1n) is 8.59. The fourth-order valence-electron chi connectivity index (χ4n) is 4.60. The zero-order valence-corrected chi connectivity index (χ0v) is 13.3. The number of nitrogens with one attached hydrogen (secondary N) is 1. The molecule has 5 nitrogen and oxygen atoms in total. The van der Waals surface area contributed by atoms with Gasteiger partial charge in [0.05, 0.1) is 24.8 Å². The number of carbonyl (C=O) groups excluding carboxylic acids is 1. The molecular formula is C18H24N2O3. The molecule has 5 heteroatoms. The molecule has 1 aromatic rings. The number of nitrogens with two attached hydrogens (primary N) is 1. The number of rotatable bonds is 6. The van der Waals surface area contributed by atoms with Gasteiger partial charge in [0.25, 0.3) is 0 Å². The average Bonchev–Trinajstić information content (AvgIpc) is 2.89. The highest BCUT2D eigenvalue weighted by atomic mass is 16.5. The van der Waals surface area contributed by atoms with Crippen LogP contribution in [0.15, 0.2) is 24.3 Å². The maximum atomic E-state index is 10.9. The molecule has 3 fully saturated rings. The van der Waals surface area contributed by atoms with E-state index < -0.39 is 0 Å². The van der Waals surface area contributed by atoms with Gasteiger partial charge in [0.15, 0.2) is 0 Å². The van der Waals surface area contributed by atoms with Gasteiger partial charge in [0.1, 0.15) is 5.75 Å². The number of anilines is 1. The van der Waals surface area contributed by atoms with E-state index in [1.54, 1.807) is 0 Å². The van der Waals surface area contributed by atoms with Gasteiger partial charge in [-0.1, -0.05) is 18.6 Å². The molecule has 1 aliphatic heterocycles. The molecule has 2 aliphatic carbocycles. The molecule has 0 radical (unpaired) electrons. The quantitative estimate of drug-likeness (QED) is 0.844. The Morgan fingerprint density at radius 1 is 1.39 bits per heavy atom. The molecule has 3 aliphatic rings. The Bertz CT molecular complexity index is 600. The second-order valence-corrected chi connectivity index (χ2v) is 7.01. The van der Waals surface area contributed by atoms with Gasteiger partial charge < -0.3 is 20.5 Å². The number of para-hydroxylation sites is 2. The molecule has 1 aromatic carbocycles. The molecule has 2 saturated carbocycles. The van der Waals surface area contributed by atoms with E-state index >= 15 is 0 Å². The molecule has 23 heavy (non-hydrogen) atoms. The third-order valence-electron chi connectivity index (χ3n) is 5.84.